The molecule has 32 heavy (non-hydrogen) atoms. The average molecular weight is 497 g/mol. The van der Waals surface area contributed by atoms with Crippen molar-refractivity contribution in [2.24, 2.45) is 5.92 Å². The molecule has 2 aromatic rings. The second kappa shape index (κ2) is 9.59. The fourth-order valence-corrected chi connectivity index (χ4v) is 7.20. The van der Waals surface area contributed by atoms with E-state index in [0.717, 1.165) is 12.8 Å². The molecule has 0 saturated carbocycles. The summed E-state index contributed by atoms with van der Waals surface area (Å²) in [7, 11) is -3.81. The number of carbonyl (C=O) groups is 1. The van der Waals surface area contributed by atoms with E-state index in [1.165, 1.54) is 22.0 Å². The van der Waals surface area contributed by atoms with E-state index >= 15 is 0 Å². The molecule has 0 spiro atoms. The van der Waals surface area contributed by atoms with Crippen molar-refractivity contribution in [2.45, 2.75) is 36.5 Å². The first-order chi connectivity index (χ1) is 15.3. The van der Waals surface area contributed by atoms with Crippen LogP contribution in [0.5, 0.6) is 5.75 Å². The van der Waals surface area contributed by atoms with Crippen LogP contribution in [0.15, 0.2) is 47.4 Å². The van der Waals surface area contributed by atoms with Crippen LogP contribution in [0.25, 0.3) is 0 Å². The number of benzene rings is 2. The third kappa shape index (κ3) is 4.76. The lowest BCUT2D eigenvalue weighted by Gasteiger charge is -2.37. The minimum absolute atomic E-state index is 0.0654. The summed E-state index contributed by atoms with van der Waals surface area (Å²) in [4.78, 5) is 14.9. The van der Waals surface area contributed by atoms with Crippen molar-refractivity contribution < 1.29 is 18.3 Å². The van der Waals surface area contributed by atoms with Crippen molar-refractivity contribution in [3.63, 3.8) is 0 Å². The number of halogens is 2. The van der Waals surface area contributed by atoms with Crippen LogP contribution in [0.1, 0.15) is 37.2 Å². The standard InChI is InChI=1S/C23H26Cl2N2O4S/c24-20-2-1-3-21(25)22(20)32(30,31)27-14-10-18(11-15-27)23(29)26-12-8-17(9-13-26)16-4-6-19(28)7-5-16/h1-7,17-18,28H,8-15H2. The zero-order chi connectivity index (χ0) is 22.9. The van der Waals surface area contributed by atoms with Crippen molar-refractivity contribution in [3.05, 3.63) is 58.1 Å². The summed E-state index contributed by atoms with van der Waals surface area (Å²) in [6.07, 6.45) is 2.74. The van der Waals surface area contributed by atoms with E-state index in [4.69, 9.17) is 23.2 Å². The van der Waals surface area contributed by atoms with Gasteiger partial charge >= 0.3 is 0 Å². The van der Waals surface area contributed by atoms with Gasteiger partial charge in [-0.25, -0.2) is 8.42 Å². The normalized spacial score (nSPS) is 19.2. The predicted molar refractivity (Wildman–Crippen MR) is 125 cm³/mol. The number of aromatic hydroxyl groups is 1. The third-order valence-electron chi connectivity index (χ3n) is 6.49. The van der Waals surface area contributed by atoms with Gasteiger partial charge in [-0.1, -0.05) is 41.4 Å². The molecule has 0 atom stereocenters. The first-order valence-electron chi connectivity index (χ1n) is 10.8. The molecule has 2 aliphatic rings. The van der Waals surface area contributed by atoms with Gasteiger partial charge < -0.3 is 10.0 Å². The van der Waals surface area contributed by atoms with Crippen LogP contribution in [-0.4, -0.2) is 54.8 Å². The predicted octanol–water partition coefficient (Wildman–Crippen LogP) is 4.51. The average Bonchev–Trinajstić information content (AvgIpc) is 2.79. The Kier molecular flexibility index (Phi) is 7.00. The van der Waals surface area contributed by atoms with E-state index in [-0.39, 0.29) is 45.6 Å². The number of phenols is 1. The van der Waals surface area contributed by atoms with Gasteiger partial charge in [0.25, 0.3) is 0 Å². The number of sulfonamides is 1. The van der Waals surface area contributed by atoms with E-state index in [2.05, 4.69) is 0 Å². The van der Waals surface area contributed by atoms with E-state index < -0.39 is 10.0 Å². The minimum Gasteiger partial charge on any atom is -0.508 e. The topological polar surface area (TPSA) is 77.9 Å². The second-order valence-electron chi connectivity index (χ2n) is 8.42. The maximum atomic E-state index is 13.1. The second-order valence-corrected chi connectivity index (χ2v) is 11.1. The highest BCUT2D eigenvalue weighted by atomic mass is 35.5. The molecule has 2 heterocycles. The van der Waals surface area contributed by atoms with Crippen LogP contribution < -0.4 is 0 Å². The van der Waals surface area contributed by atoms with Crippen LogP contribution in [0, 0.1) is 5.92 Å². The van der Waals surface area contributed by atoms with Gasteiger partial charge in [0.05, 0.1) is 10.0 Å². The molecular weight excluding hydrogens is 471 g/mol. The molecule has 0 aromatic heterocycles. The third-order valence-corrected chi connectivity index (χ3v) is 9.35. The van der Waals surface area contributed by atoms with Crippen molar-refractivity contribution in [2.75, 3.05) is 26.2 Å². The molecule has 2 fully saturated rings. The lowest BCUT2D eigenvalue weighted by Crippen LogP contribution is -2.46. The van der Waals surface area contributed by atoms with E-state index in [1.807, 2.05) is 17.0 Å². The summed E-state index contributed by atoms with van der Waals surface area (Å²) in [5.74, 6) is 0.578. The van der Waals surface area contributed by atoms with Crippen molar-refractivity contribution in [1.82, 2.24) is 9.21 Å². The Balaban J connectivity index is 1.33. The summed E-state index contributed by atoms with van der Waals surface area (Å²) in [6, 6.07) is 11.9. The summed E-state index contributed by atoms with van der Waals surface area (Å²) < 4.78 is 27.5. The van der Waals surface area contributed by atoms with Crippen LogP contribution in [0.4, 0.5) is 0 Å². The van der Waals surface area contributed by atoms with E-state index in [0.29, 0.717) is 31.8 Å². The molecule has 172 valence electrons. The number of nitrogens with zero attached hydrogens (tertiary/aromatic N) is 2. The molecule has 2 aliphatic heterocycles. The fourth-order valence-electron chi connectivity index (χ4n) is 4.64. The molecule has 9 heteroatoms. The molecule has 1 amide bonds. The summed E-state index contributed by atoms with van der Waals surface area (Å²) in [5, 5.41) is 9.68. The van der Waals surface area contributed by atoms with Crippen LogP contribution >= 0.6 is 23.2 Å². The smallest absolute Gasteiger partial charge is 0.246 e. The minimum atomic E-state index is -3.81. The van der Waals surface area contributed by atoms with Gasteiger partial charge in [0.15, 0.2) is 0 Å². The summed E-state index contributed by atoms with van der Waals surface area (Å²) >= 11 is 12.2. The zero-order valence-electron chi connectivity index (χ0n) is 17.6. The van der Waals surface area contributed by atoms with Gasteiger partial charge in [0, 0.05) is 32.1 Å². The highest BCUT2D eigenvalue weighted by molar-refractivity contribution is 7.89. The van der Waals surface area contributed by atoms with Gasteiger partial charge in [-0.05, 0) is 61.4 Å². The Bertz CT molecular complexity index is 1060. The lowest BCUT2D eigenvalue weighted by atomic mass is 9.88. The molecule has 2 saturated heterocycles. The molecule has 6 nitrogen and oxygen atoms in total. The van der Waals surface area contributed by atoms with E-state index in [9.17, 15) is 18.3 Å². The Morgan fingerprint density at radius 3 is 2.00 bits per heavy atom. The van der Waals surface area contributed by atoms with Crippen LogP contribution in [-0.2, 0) is 14.8 Å². The molecule has 1 N–H and O–H groups in total. The number of piperidine rings is 2. The first-order valence-corrected chi connectivity index (χ1v) is 13.0. The number of hydrogen-bond acceptors (Lipinski definition) is 4. The number of phenolic OH excluding ortho intramolecular Hbond substituents is 1. The highest BCUT2D eigenvalue weighted by Crippen LogP contribution is 2.34. The van der Waals surface area contributed by atoms with Gasteiger partial charge in [-0.3, -0.25) is 4.79 Å². The van der Waals surface area contributed by atoms with Gasteiger partial charge in [-0.15, -0.1) is 0 Å². The molecule has 4 rings (SSSR count). The van der Waals surface area contributed by atoms with Crippen LogP contribution in [0.2, 0.25) is 10.0 Å². The molecular formula is C23H26Cl2N2O4S. The highest BCUT2D eigenvalue weighted by Gasteiger charge is 2.36. The maximum absolute atomic E-state index is 13.1. The monoisotopic (exact) mass is 496 g/mol. The fraction of sp³-hybridized carbons (Fsp3) is 0.435. The molecule has 0 unspecified atom stereocenters. The van der Waals surface area contributed by atoms with Crippen LogP contribution in [0.3, 0.4) is 0 Å². The first kappa shape index (κ1) is 23.4. The van der Waals surface area contributed by atoms with Gasteiger partial charge in [0.2, 0.25) is 15.9 Å². The summed E-state index contributed by atoms with van der Waals surface area (Å²) in [6.45, 7) is 1.92. The molecule has 2 aromatic carbocycles. The SMILES string of the molecule is O=C(C1CCN(S(=O)(=O)c2c(Cl)cccc2Cl)CC1)N1CCC(c2ccc(O)cc2)CC1. The Morgan fingerprint density at radius 1 is 0.875 bits per heavy atom. The van der Waals surface area contributed by atoms with Crippen molar-refractivity contribution >= 4 is 39.1 Å². The number of amides is 1. The number of likely N-dealkylation sites (tertiary alicyclic amines) is 1. The van der Waals surface area contributed by atoms with Gasteiger partial charge in [0.1, 0.15) is 10.6 Å². The van der Waals surface area contributed by atoms with Crippen molar-refractivity contribution in [1.29, 1.82) is 0 Å². The molecule has 0 radical (unpaired) electrons. The number of carbonyl (C=O) groups excluding carboxylic acids is 1. The Morgan fingerprint density at radius 2 is 1.44 bits per heavy atom. The Hall–Kier alpha value is -1.80. The molecule has 0 bridgehead atoms. The summed E-state index contributed by atoms with van der Waals surface area (Å²) in [5.41, 5.74) is 1.19. The zero-order valence-corrected chi connectivity index (χ0v) is 19.9. The quantitative estimate of drug-likeness (QED) is 0.675. The maximum Gasteiger partial charge on any atom is 0.246 e. The van der Waals surface area contributed by atoms with Gasteiger partial charge in [-0.2, -0.15) is 4.31 Å². The number of hydrogen-bond donors (Lipinski definition) is 1. The Labute approximate surface area is 198 Å². The van der Waals surface area contributed by atoms with E-state index in [1.54, 1.807) is 18.2 Å². The van der Waals surface area contributed by atoms with Crippen molar-refractivity contribution in [3.8, 4) is 5.75 Å². The largest absolute Gasteiger partial charge is 0.508 e. The molecule has 0 aliphatic carbocycles. The number of rotatable bonds is 4. The lowest BCUT2D eigenvalue weighted by molar-refractivity contribution is -0.137.